The number of hydrogen-bond donors (Lipinski definition) is 0. The van der Waals surface area contributed by atoms with Gasteiger partial charge in [-0.3, -0.25) is 0 Å². The molecule has 3 aromatic carbocycles. The molecule has 0 spiro atoms. The summed E-state index contributed by atoms with van der Waals surface area (Å²) in [4.78, 5) is 14.3. The zero-order valence-corrected chi connectivity index (χ0v) is 21.0. The molecule has 4 rings (SSSR count). The second-order valence-corrected chi connectivity index (χ2v) is 9.56. The van der Waals surface area contributed by atoms with Gasteiger partial charge in [0.25, 0.3) is 0 Å². The SMILES string of the molecule is COc1ccc(C(C)C)cc1-c1ccc(C(F)(F)F)cc1CN1CC[C@@H](c2cccc(Cl)c2)OC1=O. The molecule has 0 aliphatic carbocycles. The van der Waals surface area contributed by atoms with Crippen LogP contribution in [0.4, 0.5) is 18.0 Å². The van der Waals surface area contributed by atoms with Gasteiger partial charge in [-0.15, -0.1) is 0 Å². The molecule has 8 heteroatoms. The van der Waals surface area contributed by atoms with Crippen LogP contribution < -0.4 is 4.74 Å². The Kier molecular flexibility index (Phi) is 7.50. The number of carbonyl (C=O) groups is 1. The zero-order valence-electron chi connectivity index (χ0n) is 20.2. The van der Waals surface area contributed by atoms with E-state index in [0.29, 0.717) is 40.4 Å². The summed E-state index contributed by atoms with van der Waals surface area (Å²) in [7, 11) is 1.52. The van der Waals surface area contributed by atoms with Crippen LogP contribution >= 0.6 is 11.6 Å². The Balaban J connectivity index is 1.68. The maximum absolute atomic E-state index is 13.6. The highest BCUT2D eigenvalue weighted by Gasteiger charge is 2.33. The largest absolute Gasteiger partial charge is 0.496 e. The number of halogens is 4. The van der Waals surface area contributed by atoms with Crippen LogP contribution in [0.3, 0.4) is 0 Å². The molecule has 1 heterocycles. The summed E-state index contributed by atoms with van der Waals surface area (Å²) in [5.41, 5.74) is 2.65. The lowest BCUT2D eigenvalue weighted by atomic mass is 9.92. The second-order valence-electron chi connectivity index (χ2n) is 9.12. The molecule has 1 fully saturated rings. The van der Waals surface area contributed by atoms with Gasteiger partial charge in [0.1, 0.15) is 11.9 Å². The lowest BCUT2D eigenvalue weighted by Gasteiger charge is -2.32. The third-order valence-electron chi connectivity index (χ3n) is 6.36. The van der Waals surface area contributed by atoms with Crippen LogP contribution in [0.2, 0.25) is 5.02 Å². The van der Waals surface area contributed by atoms with Crippen molar-refractivity contribution in [2.75, 3.05) is 13.7 Å². The van der Waals surface area contributed by atoms with Crippen molar-refractivity contribution in [1.29, 1.82) is 0 Å². The molecular formula is C28H27ClF3NO3. The predicted molar refractivity (Wildman–Crippen MR) is 133 cm³/mol. The standard InChI is InChI=1S/C28H27ClF3NO3/c1-17(2)18-7-10-26(35-3)24(15-18)23-9-8-21(28(30,31)32)13-20(23)16-33-12-11-25(36-27(33)34)19-5-4-6-22(29)14-19/h4-10,13-15,17,25H,11-12,16H2,1-3H3/t25-/m0/s1. The van der Waals surface area contributed by atoms with Gasteiger partial charge in [-0.2, -0.15) is 13.2 Å². The van der Waals surface area contributed by atoms with E-state index in [2.05, 4.69) is 0 Å². The first-order chi connectivity index (χ1) is 17.1. The summed E-state index contributed by atoms with van der Waals surface area (Å²) in [6, 6.07) is 16.4. The molecule has 0 unspecified atom stereocenters. The van der Waals surface area contributed by atoms with Gasteiger partial charge in [-0.1, -0.05) is 49.7 Å². The maximum atomic E-state index is 13.6. The molecule has 0 aromatic heterocycles. The fraction of sp³-hybridized carbons (Fsp3) is 0.321. The van der Waals surface area contributed by atoms with Crippen LogP contribution in [0.5, 0.6) is 5.75 Å². The fourth-order valence-electron chi connectivity index (χ4n) is 4.37. The topological polar surface area (TPSA) is 38.8 Å². The van der Waals surface area contributed by atoms with Gasteiger partial charge in [0.15, 0.2) is 0 Å². The van der Waals surface area contributed by atoms with Crippen LogP contribution in [0.1, 0.15) is 54.5 Å². The summed E-state index contributed by atoms with van der Waals surface area (Å²) in [5.74, 6) is 0.760. The molecule has 1 saturated heterocycles. The Bertz CT molecular complexity index is 1260. The van der Waals surface area contributed by atoms with E-state index in [0.717, 1.165) is 23.3 Å². The average molecular weight is 518 g/mol. The summed E-state index contributed by atoms with van der Waals surface area (Å²) < 4.78 is 52.0. The third kappa shape index (κ3) is 5.62. The lowest BCUT2D eigenvalue weighted by Crippen LogP contribution is -2.38. The number of nitrogens with zero attached hydrogens (tertiary/aromatic N) is 1. The monoisotopic (exact) mass is 517 g/mol. The Hall–Kier alpha value is -3.19. The molecule has 0 saturated carbocycles. The first-order valence-electron chi connectivity index (χ1n) is 11.7. The molecule has 4 nitrogen and oxygen atoms in total. The molecule has 0 bridgehead atoms. The number of amides is 1. The fourth-order valence-corrected chi connectivity index (χ4v) is 4.57. The van der Waals surface area contributed by atoms with E-state index >= 15 is 0 Å². The number of cyclic esters (lactones) is 1. The minimum Gasteiger partial charge on any atom is -0.496 e. The van der Waals surface area contributed by atoms with E-state index < -0.39 is 23.9 Å². The van der Waals surface area contributed by atoms with Crippen LogP contribution in [0.25, 0.3) is 11.1 Å². The number of rotatable bonds is 6. The number of carbonyl (C=O) groups excluding carboxylic acids is 1. The highest BCUT2D eigenvalue weighted by molar-refractivity contribution is 6.30. The van der Waals surface area contributed by atoms with E-state index in [9.17, 15) is 18.0 Å². The second kappa shape index (κ2) is 10.4. The van der Waals surface area contributed by atoms with Gasteiger partial charge in [0.05, 0.1) is 12.7 Å². The van der Waals surface area contributed by atoms with Gasteiger partial charge in [-0.25, -0.2) is 4.79 Å². The summed E-state index contributed by atoms with van der Waals surface area (Å²) in [5, 5.41) is 0.539. The molecule has 36 heavy (non-hydrogen) atoms. The van der Waals surface area contributed by atoms with Crippen LogP contribution in [0.15, 0.2) is 60.7 Å². The smallest absolute Gasteiger partial charge is 0.416 e. The van der Waals surface area contributed by atoms with E-state index in [1.165, 1.54) is 18.1 Å². The van der Waals surface area contributed by atoms with Crippen molar-refractivity contribution < 1.29 is 27.4 Å². The predicted octanol–water partition coefficient (Wildman–Crippen LogP) is 8.24. The number of methoxy groups -OCH3 is 1. The Labute approximate surface area is 213 Å². The van der Waals surface area contributed by atoms with Crippen molar-refractivity contribution >= 4 is 17.7 Å². The molecule has 3 aromatic rings. The van der Waals surface area contributed by atoms with Crippen molar-refractivity contribution in [2.45, 2.75) is 45.0 Å². The van der Waals surface area contributed by atoms with Crippen LogP contribution in [-0.4, -0.2) is 24.6 Å². The van der Waals surface area contributed by atoms with Gasteiger partial charge < -0.3 is 14.4 Å². The average Bonchev–Trinajstić information content (AvgIpc) is 2.84. The minimum atomic E-state index is -4.52. The molecule has 1 aliphatic heterocycles. The molecule has 190 valence electrons. The van der Waals surface area contributed by atoms with E-state index in [4.69, 9.17) is 21.1 Å². The molecule has 1 amide bonds. The number of benzene rings is 3. The van der Waals surface area contributed by atoms with Gasteiger partial charge in [-0.05, 0) is 64.6 Å². The molecule has 1 aliphatic rings. The van der Waals surface area contributed by atoms with Crippen molar-refractivity contribution in [3.8, 4) is 16.9 Å². The third-order valence-corrected chi connectivity index (χ3v) is 6.59. The molecular weight excluding hydrogens is 491 g/mol. The van der Waals surface area contributed by atoms with Crippen LogP contribution in [0, 0.1) is 0 Å². The van der Waals surface area contributed by atoms with Crippen molar-refractivity contribution in [1.82, 2.24) is 4.90 Å². The molecule has 1 atom stereocenters. The summed E-state index contributed by atoms with van der Waals surface area (Å²) in [6.45, 7) is 4.38. The summed E-state index contributed by atoms with van der Waals surface area (Å²) in [6.07, 6.45) is -5.07. The Morgan fingerprint density at radius 1 is 1.08 bits per heavy atom. The first-order valence-corrected chi connectivity index (χ1v) is 12.0. The number of hydrogen-bond acceptors (Lipinski definition) is 3. The van der Waals surface area contributed by atoms with Gasteiger partial charge >= 0.3 is 12.3 Å². The van der Waals surface area contributed by atoms with Crippen molar-refractivity contribution in [3.05, 3.63) is 87.9 Å². The number of ether oxygens (including phenoxy) is 2. The molecule has 0 radical (unpaired) electrons. The van der Waals surface area contributed by atoms with E-state index in [1.807, 2.05) is 38.1 Å². The van der Waals surface area contributed by atoms with Gasteiger partial charge in [0.2, 0.25) is 0 Å². The highest BCUT2D eigenvalue weighted by Crippen LogP contribution is 2.39. The quantitative estimate of drug-likeness (QED) is 0.330. The Morgan fingerprint density at radius 3 is 2.50 bits per heavy atom. The summed E-state index contributed by atoms with van der Waals surface area (Å²) >= 11 is 6.07. The van der Waals surface area contributed by atoms with Crippen LogP contribution in [-0.2, 0) is 17.5 Å². The van der Waals surface area contributed by atoms with Crippen molar-refractivity contribution in [2.24, 2.45) is 0 Å². The van der Waals surface area contributed by atoms with E-state index in [1.54, 1.807) is 18.2 Å². The van der Waals surface area contributed by atoms with Gasteiger partial charge in [0, 0.05) is 30.1 Å². The van der Waals surface area contributed by atoms with E-state index in [-0.39, 0.29) is 12.5 Å². The highest BCUT2D eigenvalue weighted by atomic mass is 35.5. The first kappa shape index (κ1) is 25.9. The zero-order chi connectivity index (χ0) is 26.0. The van der Waals surface area contributed by atoms with Crippen molar-refractivity contribution in [3.63, 3.8) is 0 Å². The maximum Gasteiger partial charge on any atom is 0.416 e. The lowest BCUT2D eigenvalue weighted by molar-refractivity contribution is -0.137. The normalized spacial score (nSPS) is 16.3. The minimum absolute atomic E-state index is 0.0323. The number of alkyl halides is 3. The molecule has 0 N–H and O–H groups in total. The Morgan fingerprint density at radius 2 is 1.86 bits per heavy atom.